The first kappa shape index (κ1) is 21.8. The van der Waals surface area contributed by atoms with Crippen LogP contribution in [0.1, 0.15) is 47.6 Å². The van der Waals surface area contributed by atoms with E-state index < -0.39 is 29.5 Å². The van der Waals surface area contributed by atoms with Gasteiger partial charge in [-0.25, -0.2) is 8.78 Å². The maximum Gasteiger partial charge on any atom is 0.257 e. The highest BCUT2D eigenvalue weighted by atomic mass is 19.1. The van der Waals surface area contributed by atoms with Gasteiger partial charge in [-0.3, -0.25) is 9.59 Å². The van der Waals surface area contributed by atoms with E-state index >= 15 is 0 Å². The number of halogens is 2. The van der Waals surface area contributed by atoms with Gasteiger partial charge in [0.2, 0.25) is 0 Å². The van der Waals surface area contributed by atoms with Gasteiger partial charge in [0.1, 0.15) is 17.9 Å². The smallest absolute Gasteiger partial charge is 0.257 e. The Bertz CT molecular complexity index is 1250. The summed E-state index contributed by atoms with van der Waals surface area (Å²) in [5.74, 6) is -1.59. The molecule has 8 nitrogen and oxygen atoms in total. The fourth-order valence-electron chi connectivity index (χ4n) is 5.48. The molecule has 10 heteroatoms. The van der Waals surface area contributed by atoms with Crippen molar-refractivity contribution in [1.29, 1.82) is 0 Å². The Morgan fingerprint density at radius 2 is 1.63 bits per heavy atom. The molecule has 2 aromatic carbocycles. The summed E-state index contributed by atoms with van der Waals surface area (Å²) >= 11 is 0. The zero-order chi connectivity index (χ0) is 24.2. The minimum Gasteiger partial charge on any atom is -0.342 e. The number of hydrogen-bond acceptors (Lipinski definition) is 5. The first-order chi connectivity index (χ1) is 16.9. The minimum atomic E-state index is -0.998. The maximum atomic E-state index is 13.8. The Morgan fingerprint density at radius 3 is 2.29 bits per heavy atom. The number of hydrogen-bond donors (Lipinski definition) is 0. The van der Waals surface area contributed by atoms with Crippen molar-refractivity contribution in [2.45, 2.75) is 43.6 Å². The van der Waals surface area contributed by atoms with Crippen molar-refractivity contribution < 1.29 is 23.1 Å². The van der Waals surface area contributed by atoms with Crippen LogP contribution in [0, 0.1) is 11.6 Å². The normalized spacial score (nSPS) is 23.2. The molecule has 2 amide bonds. The lowest BCUT2D eigenvalue weighted by molar-refractivity contribution is -0.142. The first-order valence-corrected chi connectivity index (χ1v) is 11.7. The molecule has 0 N–H and O–H groups in total. The Balaban J connectivity index is 1.14. The van der Waals surface area contributed by atoms with Gasteiger partial charge in [0.05, 0.1) is 24.1 Å². The average Bonchev–Trinajstić information content (AvgIpc) is 3.58. The number of likely N-dealkylation sites (tertiary alicyclic amines) is 1. The van der Waals surface area contributed by atoms with E-state index in [1.165, 1.54) is 16.9 Å². The molecule has 3 fully saturated rings. The van der Waals surface area contributed by atoms with Crippen molar-refractivity contribution in [3.05, 3.63) is 77.6 Å². The van der Waals surface area contributed by atoms with E-state index in [-0.39, 0.29) is 11.8 Å². The van der Waals surface area contributed by atoms with Gasteiger partial charge >= 0.3 is 0 Å². The van der Waals surface area contributed by atoms with Gasteiger partial charge < -0.3 is 14.5 Å². The number of piperidine rings is 1. The second kappa shape index (κ2) is 8.23. The van der Waals surface area contributed by atoms with Gasteiger partial charge in [0, 0.05) is 37.6 Å². The molecule has 0 radical (unpaired) electrons. The molecular weight excluding hydrogens is 456 g/mol. The predicted molar refractivity (Wildman–Crippen MR) is 119 cm³/mol. The average molecular weight is 479 g/mol. The third kappa shape index (κ3) is 3.68. The highest BCUT2D eigenvalue weighted by Crippen LogP contribution is 2.47. The van der Waals surface area contributed by atoms with Crippen LogP contribution in [0.4, 0.5) is 8.78 Å². The molecule has 1 aromatic heterocycles. The van der Waals surface area contributed by atoms with Crippen LogP contribution in [0.2, 0.25) is 0 Å². The summed E-state index contributed by atoms with van der Waals surface area (Å²) in [6, 6.07) is 10.0. The van der Waals surface area contributed by atoms with Crippen molar-refractivity contribution in [3.63, 3.8) is 0 Å². The quantitative estimate of drug-likeness (QED) is 0.576. The molecule has 3 aliphatic heterocycles. The number of nitrogens with zero attached hydrogens (tertiary/aromatic N) is 5. The summed E-state index contributed by atoms with van der Waals surface area (Å²) in [7, 11) is 0. The van der Waals surface area contributed by atoms with E-state index in [1.54, 1.807) is 46.5 Å². The van der Waals surface area contributed by atoms with Crippen molar-refractivity contribution in [1.82, 2.24) is 24.8 Å². The lowest BCUT2D eigenvalue weighted by atomic mass is 9.89. The van der Waals surface area contributed by atoms with Crippen LogP contribution in [0.15, 0.2) is 54.9 Å². The van der Waals surface area contributed by atoms with E-state index in [2.05, 4.69) is 10.2 Å². The monoisotopic (exact) mass is 479 g/mol. The molecule has 3 saturated heterocycles. The van der Waals surface area contributed by atoms with Gasteiger partial charge in [-0.1, -0.05) is 0 Å². The highest BCUT2D eigenvalue weighted by molar-refractivity contribution is 5.95. The van der Waals surface area contributed by atoms with Gasteiger partial charge in [-0.15, -0.1) is 0 Å². The Morgan fingerprint density at radius 1 is 0.971 bits per heavy atom. The number of aromatic nitrogens is 3. The molecule has 3 aromatic rings. The maximum absolute atomic E-state index is 13.8. The zero-order valence-corrected chi connectivity index (χ0v) is 18.8. The molecule has 4 heterocycles. The number of ether oxygens (including phenoxy) is 1. The second-order valence-electron chi connectivity index (χ2n) is 9.23. The number of fused-ring (bicyclic) bond motifs is 1. The Kier molecular flexibility index (Phi) is 5.14. The molecule has 0 bridgehead atoms. The van der Waals surface area contributed by atoms with E-state index in [0.29, 0.717) is 49.9 Å². The van der Waals surface area contributed by atoms with Crippen LogP contribution in [-0.2, 0) is 9.53 Å². The molecule has 0 aliphatic carbocycles. The second-order valence-corrected chi connectivity index (χ2v) is 9.23. The highest BCUT2D eigenvalue weighted by Gasteiger charge is 2.58. The molecule has 180 valence electrons. The number of benzene rings is 2. The third-order valence-electron chi connectivity index (χ3n) is 7.21. The number of amides is 2. The van der Waals surface area contributed by atoms with E-state index in [1.807, 2.05) is 0 Å². The zero-order valence-electron chi connectivity index (χ0n) is 18.8. The van der Waals surface area contributed by atoms with Crippen LogP contribution < -0.4 is 0 Å². The molecule has 35 heavy (non-hydrogen) atoms. The van der Waals surface area contributed by atoms with E-state index in [0.717, 1.165) is 11.8 Å². The fourth-order valence-corrected chi connectivity index (χ4v) is 5.48. The van der Waals surface area contributed by atoms with Gasteiger partial charge in [-0.05, 0) is 54.8 Å². The topological polar surface area (TPSA) is 80.6 Å². The van der Waals surface area contributed by atoms with Gasteiger partial charge in [0.15, 0.2) is 5.60 Å². The summed E-state index contributed by atoms with van der Waals surface area (Å²) in [5, 5.41) is 8.16. The predicted octanol–water partition coefficient (Wildman–Crippen LogP) is 3.24. The molecule has 2 atom stereocenters. The molecule has 3 aliphatic rings. The van der Waals surface area contributed by atoms with Crippen molar-refractivity contribution in [2.24, 2.45) is 0 Å². The van der Waals surface area contributed by atoms with Crippen molar-refractivity contribution in [3.8, 4) is 5.69 Å². The van der Waals surface area contributed by atoms with Gasteiger partial charge in [-0.2, -0.15) is 15.0 Å². The van der Waals surface area contributed by atoms with Crippen molar-refractivity contribution >= 4 is 11.8 Å². The largest absolute Gasteiger partial charge is 0.342 e. The van der Waals surface area contributed by atoms with Crippen LogP contribution in [-0.4, -0.2) is 61.5 Å². The number of carbonyl (C=O) groups is 2. The Labute approximate surface area is 200 Å². The minimum absolute atomic E-state index is 0.112. The molecule has 0 saturated carbocycles. The summed E-state index contributed by atoms with van der Waals surface area (Å²) in [5.41, 5.74) is 0.744. The van der Waals surface area contributed by atoms with E-state index in [9.17, 15) is 18.4 Å². The summed E-state index contributed by atoms with van der Waals surface area (Å²) in [4.78, 5) is 31.4. The van der Waals surface area contributed by atoms with Crippen molar-refractivity contribution in [2.75, 3.05) is 13.1 Å². The lowest BCUT2D eigenvalue weighted by Gasteiger charge is -2.37. The third-order valence-corrected chi connectivity index (χ3v) is 7.21. The summed E-state index contributed by atoms with van der Waals surface area (Å²) in [6.07, 6.45) is 4.70. The molecule has 6 rings (SSSR count). The summed E-state index contributed by atoms with van der Waals surface area (Å²) < 4.78 is 33.9. The van der Waals surface area contributed by atoms with Gasteiger partial charge in [0.25, 0.3) is 11.8 Å². The first-order valence-electron chi connectivity index (χ1n) is 11.7. The lowest BCUT2D eigenvalue weighted by Crippen LogP contribution is -2.51. The van der Waals surface area contributed by atoms with E-state index in [4.69, 9.17) is 4.74 Å². The molecule has 0 unspecified atom stereocenters. The Hall–Kier alpha value is -3.66. The van der Waals surface area contributed by atoms with Crippen LogP contribution in [0.25, 0.3) is 5.69 Å². The number of carbonyl (C=O) groups excluding carboxylic acids is 2. The van der Waals surface area contributed by atoms with Crippen LogP contribution in [0.3, 0.4) is 0 Å². The van der Waals surface area contributed by atoms with Crippen LogP contribution in [0.5, 0.6) is 0 Å². The standard InChI is InChI=1S/C25H23F2N5O3/c26-18-13-17(14-19(27)15-18)21-5-6-22-31(21)24(34)25(35-22)7-11-30(12-8-25)23(33)16-1-3-20(4-2-16)32-28-9-10-29-32/h1-4,9-10,13-15,21-22H,5-8,11-12H2/t21-,22+/m0/s1. The SMILES string of the molecule is O=C(c1ccc(-n2nccn2)cc1)N1CCC2(CC1)O[C@@H]1CC[C@@H](c3cc(F)cc(F)c3)N1C2=O. The number of rotatable bonds is 3. The van der Waals surface area contributed by atoms with Crippen LogP contribution >= 0.6 is 0 Å². The molecular formula is C25H23F2N5O3. The summed E-state index contributed by atoms with van der Waals surface area (Å²) in [6.45, 7) is 0.764. The molecule has 1 spiro atoms. The fraction of sp³-hybridized carbons (Fsp3) is 0.360.